The van der Waals surface area contributed by atoms with E-state index >= 15 is 0 Å². The Morgan fingerprint density at radius 1 is 1.14 bits per heavy atom. The Labute approximate surface area is 90.1 Å². The Bertz CT molecular complexity index is 113. The number of alkyl halides is 1. The number of methoxy groups -OCH3 is 1. The lowest BCUT2D eigenvalue weighted by Gasteiger charge is -2.08. The van der Waals surface area contributed by atoms with Gasteiger partial charge in [0.1, 0.15) is 0 Å². The maximum Gasteiger partial charge on any atom is 0.0908 e. The van der Waals surface area contributed by atoms with Gasteiger partial charge in [-0.2, -0.15) is 0 Å². The van der Waals surface area contributed by atoms with Crippen molar-refractivity contribution in [3.05, 3.63) is 0 Å². The molecule has 5 heteroatoms. The van der Waals surface area contributed by atoms with E-state index < -0.39 is 6.10 Å². The maximum absolute atomic E-state index is 9.03. The van der Waals surface area contributed by atoms with Crippen molar-refractivity contribution < 1.29 is 19.3 Å². The van der Waals surface area contributed by atoms with Gasteiger partial charge in [0.25, 0.3) is 0 Å². The van der Waals surface area contributed by atoms with E-state index in [9.17, 15) is 0 Å². The van der Waals surface area contributed by atoms with Crippen molar-refractivity contribution >= 4 is 11.6 Å². The average molecular weight is 227 g/mol. The molecular weight excluding hydrogens is 208 g/mol. The van der Waals surface area contributed by atoms with E-state index in [0.29, 0.717) is 33.0 Å². The average Bonchev–Trinajstić information content (AvgIpc) is 2.21. The quantitative estimate of drug-likeness (QED) is 0.439. The number of hydrogen-bond donors (Lipinski definition) is 1. The highest BCUT2D eigenvalue weighted by atomic mass is 35.5. The highest BCUT2D eigenvalue weighted by Gasteiger charge is 2.00. The van der Waals surface area contributed by atoms with Gasteiger partial charge in [-0.15, -0.1) is 11.6 Å². The number of aliphatic hydroxyl groups is 1. The molecule has 1 atom stereocenters. The lowest BCUT2D eigenvalue weighted by atomic mass is 10.4. The number of rotatable bonds is 10. The molecule has 0 amide bonds. The molecule has 0 aromatic rings. The van der Waals surface area contributed by atoms with Gasteiger partial charge in [-0.3, -0.25) is 0 Å². The smallest absolute Gasteiger partial charge is 0.0908 e. The second-order valence-corrected chi connectivity index (χ2v) is 3.15. The molecule has 4 nitrogen and oxygen atoms in total. The highest BCUT2D eigenvalue weighted by Crippen LogP contribution is 1.91. The van der Waals surface area contributed by atoms with Crippen molar-refractivity contribution in [1.29, 1.82) is 0 Å². The zero-order valence-corrected chi connectivity index (χ0v) is 9.33. The largest absolute Gasteiger partial charge is 0.389 e. The molecule has 0 aliphatic heterocycles. The monoisotopic (exact) mass is 226 g/mol. The lowest BCUT2D eigenvalue weighted by molar-refractivity contribution is 0.0256. The molecule has 0 bridgehead atoms. The van der Waals surface area contributed by atoms with Crippen LogP contribution in [0.25, 0.3) is 0 Å². The summed E-state index contributed by atoms with van der Waals surface area (Å²) in [5, 5.41) is 9.03. The zero-order chi connectivity index (χ0) is 10.6. The minimum absolute atomic E-state index is 0.213. The van der Waals surface area contributed by atoms with E-state index in [1.165, 1.54) is 0 Å². The zero-order valence-electron chi connectivity index (χ0n) is 8.58. The van der Waals surface area contributed by atoms with Crippen molar-refractivity contribution in [2.24, 2.45) is 0 Å². The molecule has 0 saturated carbocycles. The van der Waals surface area contributed by atoms with Gasteiger partial charge in [-0.1, -0.05) is 0 Å². The van der Waals surface area contributed by atoms with Gasteiger partial charge in [0, 0.05) is 20.3 Å². The first-order valence-electron chi connectivity index (χ1n) is 4.69. The van der Waals surface area contributed by atoms with Gasteiger partial charge < -0.3 is 19.3 Å². The number of aliphatic hydroxyl groups excluding tert-OH is 1. The minimum atomic E-state index is -0.564. The van der Waals surface area contributed by atoms with E-state index in [1.54, 1.807) is 7.11 Å². The molecule has 1 unspecified atom stereocenters. The Hall–Kier alpha value is 0.130. The van der Waals surface area contributed by atoms with Gasteiger partial charge in [0.15, 0.2) is 0 Å². The van der Waals surface area contributed by atoms with Crippen LogP contribution in [0.5, 0.6) is 0 Å². The molecule has 86 valence electrons. The molecule has 0 saturated heterocycles. The van der Waals surface area contributed by atoms with Gasteiger partial charge in [-0.25, -0.2) is 0 Å². The summed E-state index contributed by atoms with van der Waals surface area (Å²) in [5.41, 5.74) is 0. The third kappa shape index (κ3) is 10.2. The summed E-state index contributed by atoms with van der Waals surface area (Å²) in [6.45, 7) is 2.76. The minimum Gasteiger partial charge on any atom is -0.389 e. The van der Waals surface area contributed by atoms with E-state index in [1.807, 2.05) is 0 Å². The number of hydrogen-bond acceptors (Lipinski definition) is 4. The van der Waals surface area contributed by atoms with Crippen molar-refractivity contribution in [2.45, 2.75) is 12.5 Å². The molecule has 0 radical (unpaired) electrons. The van der Waals surface area contributed by atoms with Crippen molar-refractivity contribution in [2.75, 3.05) is 46.0 Å². The topological polar surface area (TPSA) is 47.9 Å². The fraction of sp³-hybridized carbons (Fsp3) is 1.00. The molecule has 0 rings (SSSR count). The summed E-state index contributed by atoms with van der Waals surface area (Å²) in [4.78, 5) is 0. The molecule has 0 aliphatic carbocycles. The van der Waals surface area contributed by atoms with Crippen molar-refractivity contribution in [3.63, 3.8) is 0 Å². The number of ether oxygens (including phenoxy) is 3. The van der Waals surface area contributed by atoms with E-state index in [2.05, 4.69) is 0 Å². The van der Waals surface area contributed by atoms with Gasteiger partial charge in [0.2, 0.25) is 0 Å². The van der Waals surface area contributed by atoms with Crippen LogP contribution in [0, 0.1) is 0 Å². The summed E-state index contributed by atoms with van der Waals surface area (Å²) >= 11 is 5.38. The maximum atomic E-state index is 9.03. The van der Waals surface area contributed by atoms with Gasteiger partial charge in [0.05, 0.1) is 31.8 Å². The second-order valence-electron chi connectivity index (χ2n) is 2.84. The summed E-state index contributed by atoms with van der Waals surface area (Å²) in [6, 6.07) is 0. The van der Waals surface area contributed by atoms with Gasteiger partial charge >= 0.3 is 0 Å². The van der Waals surface area contributed by atoms with Crippen molar-refractivity contribution in [3.8, 4) is 0 Å². The first-order valence-corrected chi connectivity index (χ1v) is 5.23. The van der Waals surface area contributed by atoms with Crippen LogP contribution in [0.2, 0.25) is 0 Å². The Morgan fingerprint density at radius 3 is 2.50 bits per heavy atom. The van der Waals surface area contributed by atoms with E-state index in [4.69, 9.17) is 30.9 Å². The van der Waals surface area contributed by atoms with Crippen LogP contribution >= 0.6 is 11.6 Å². The van der Waals surface area contributed by atoms with Crippen LogP contribution < -0.4 is 0 Å². The molecule has 0 aromatic carbocycles. The highest BCUT2D eigenvalue weighted by molar-refractivity contribution is 6.18. The summed E-state index contributed by atoms with van der Waals surface area (Å²) in [5.74, 6) is 0.213. The molecule has 0 fully saturated rings. The predicted molar refractivity (Wildman–Crippen MR) is 54.9 cm³/mol. The molecule has 0 aliphatic rings. The third-order valence-corrected chi connectivity index (χ3v) is 1.85. The van der Waals surface area contributed by atoms with E-state index in [-0.39, 0.29) is 5.88 Å². The van der Waals surface area contributed by atoms with Gasteiger partial charge in [-0.05, 0) is 6.42 Å². The lowest BCUT2D eigenvalue weighted by Crippen LogP contribution is -2.17. The Balaban J connectivity index is 2.92. The SMILES string of the molecule is COCCOCCCOCC(O)CCl. The first kappa shape index (κ1) is 14.1. The molecule has 0 aromatic heterocycles. The summed E-state index contributed by atoms with van der Waals surface area (Å²) < 4.78 is 15.2. The van der Waals surface area contributed by atoms with Crippen LogP contribution in [0.1, 0.15) is 6.42 Å². The van der Waals surface area contributed by atoms with Crippen LogP contribution in [0.3, 0.4) is 0 Å². The molecule has 0 spiro atoms. The number of halogens is 1. The van der Waals surface area contributed by atoms with Crippen LogP contribution in [-0.2, 0) is 14.2 Å². The predicted octanol–water partition coefficient (Wildman–Crippen LogP) is 0.656. The van der Waals surface area contributed by atoms with Crippen molar-refractivity contribution in [1.82, 2.24) is 0 Å². The fourth-order valence-corrected chi connectivity index (χ4v) is 0.860. The van der Waals surface area contributed by atoms with Crippen LogP contribution in [0.4, 0.5) is 0 Å². The molecule has 0 heterocycles. The third-order valence-electron chi connectivity index (χ3n) is 1.50. The standard InChI is InChI=1S/C9H19ClO4/c1-12-5-6-13-3-2-4-14-8-9(11)7-10/h9,11H,2-8H2,1H3. The first-order chi connectivity index (χ1) is 6.81. The summed E-state index contributed by atoms with van der Waals surface area (Å²) in [6.07, 6.45) is 0.254. The fourth-order valence-electron chi connectivity index (χ4n) is 0.771. The summed E-state index contributed by atoms with van der Waals surface area (Å²) in [7, 11) is 1.64. The Morgan fingerprint density at radius 2 is 1.86 bits per heavy atom. The van der Waals surface area contributed by atoms with Crippen LogP contribution in [0.15, 0.2) is 0 Å². The molecule has 14 heavy (non-hydrogen) atoms. The van der Waals surface area contributed by atoms with E-state index in [0.717, 1.165) is 6.42 Å². The van der Waals surface area contributed by atoms with Crippen LogP contribution in [-0.4, -0.2) is 57.2 Å². The molecule has 1 N–H and O–H groups in total. The second kappa shape index (κ2) is 11.2. The Kier molecular flexibility index (Phi) is 11.3. The molecular formula is C9H19ClO4. The normalized spacial score (nSPS) is 13.1.